The van der Waals surface area contributed by atoms with Crippen LogP contribution in [0.3, 0.4) is 0 Å². The van der Waals surface area contributed by atoms with Crippen LogP contribution in [0.15, 0.2) is 6.07 Å². The van der Waals surface area contributed by atoms with Crippen LogP contribution < -0.4 is 0 Å². The molecule has 2 heterocycles. The number of aromatic nitrogens is 2. The van der Waals surface area contributed by atoms with E-state index < -0.39 is 0 Å². The summed E-state index contributed by atoms with van der Waals surface area (Å²) in [6, 6.07) is 2.24. The van der Waals surface area contributed by atoms with Crippen molar-refractivity contribution in [3.63, 3.8) is 0 Å². The highest BCUT2D eigenvalue weighted by molar-refractivity contribution is 5.10. The summed E-state index contributed by atoms with van der Waals surface area (Å²) in [5.41, 5.74) is 2.57. The third-order valence-corrected chi connectivity index (χ3v) is 3.37. The number of morpholine rings is 1. The van der Waals surface area contributed by atoms with E-state index in [4.69, 9.17) is 4.74 Å². The molecule has 0 atom stereocenters. The van der Waals surface area contributed by atoms with E-state index in [9.17, 15) is 0 Å². The first kappa shape index (κ1) is 12.6. The van der Waals surface area contributed by atoms with Crippen molar-refractivity contribution in [2.24, 2.45) is 0 Å². The number of hydrogen-bond donors (Lipinski definition) is 0. The molecule has 0 aromatic carbocycles. The molecule has 1 aromatic heterocycles. The van der Waals surface area contributed by atoms with Crippen molar-refractivity contribution in [1.29, 1.82) is 0 Å². The van der Waals surface area contributed by atoms with Crippen LogP contribution in [0.5, 0.6) is 0 Å². The van der Waals surface area contributed by atoms with Crippen LogP contribution >= 0.6 is 0 Å². The van der Waals surface area contributed by atoms with E-state index in [0.717, 1.165) is 52.2 Å². The van der Waals surface area contributed by atoms with E-state index >= 15 is 0 Å². The Hall–Kier alpha value is -0.870. The van der Waals surface area contributed by atoms with Gasteiger partial charge in [-0.25, -0.2) is 0 Å². The average molecular weight is 237 g/mol. The quantitative estimate of drug-likeness (QED) is 0.774. The van der Waals surface area contributed by atoms with Gasteiger partial charge in [-0.05, 0) is 18.9 Å². The smallest absolute Gasteiger partial charge is 0.0624 e. The number of ether oxygens (including phenoxy) is 1. The van der Waals surface area contributed by atoms with Crippen LogP contribution in [0.25, 0.3) is 0 Å². The molecule has 17 heavy (non-hydrogen) atoms. The van der Waals surface area contributed by atoms with Crippen LogP contribution in [-0.2, 0) is 24.1 Å². The third kappa shape index (κ3) is 3.30. The van der Waals surface area contributed by atoms with Crippen LogP contribution in [0.4, 0.5) is 0 Å². The maximum absolute atomic E-state index is 5.35. The summed E-state index contributed by atoms with van der Waals surface area (Å²) in [4.78, 5) is 2.45. The Balaban J connectivity index is 1.90. The van der Waals surface area contributed by atoms with Gasteiger partial charge < -0.3 is 4.74 Å². The highest BCUT2D eigenvalue weighted by atomic mass is 16.5. The Morgan fingerprint density at radius 2 is 1.94 bits per heavy atom. The van der Waals surface area contributed by atoms with E-state index in [-0.39, 0.29) is 0 Å². The van der Waals surface area contributed by atoms with Gasteiger partial charge in [-0.3, -0.25) is 9.58 Å². The lowest BCUT2D eigenvalue weighted by molar-refractivity contribution is 0.0358. The van der Waals surface area contributed by atoms with Crippen LogP contribution in [-0.4, -0.2) is 47.5 Å². The molecule has 0 spiro atoms. The minimum Gasteiger partial charge on any atom is -0.379 e. The molecule has 0 unspecified atom stereocenters. The lowest BCUT2D eigenvalue weighted by Gasteiger charge is -2.26. The molecular formula is C13H23N3O. The lowest BCUT2D eigenvalue weighted by atomic mass is 10.2. The molecule has 1 aromatic rings. The molecule has 4 nitrogen and oxygen atoms in total. The molecular weight excluding hydrogens is 214 g/mol. The SMILES string of the molecule is CCc1cc(CC)n(CCN2CCOCC2)n1. The standard InChI is InChI=1S/C13H23N3O/c1-3-12-11-13(4-2)16(14-12)6-5-15-7-9-17-10-8-15/h11H,3-10H2,1-2H3. The fourth-order valence-electron chi connectivity index (χ4n) is 2.23. The average Bonchev–Trinajstić information content (AvgIpc) is 2.80. The topological polar surface area (TPSA) is 30.3 Å². The van der Waals surface area contributed by atoms with Gasteiger partial charge in [0.05, 0.1) is 25.5 Å². The van der Waals surface area contributed by atoms with Gasteiger partial charge in [0.15, 0.2) is 0 Å². The molecule has 1 aliphatic rings. The van der Waals surface area contributed by atoms with Gasteiger partial charge in [-0.2, -0.15) is 5.10 Å². The zero-order valence-electron chi connectivity index (χ0n) is 11.0. The van der Waals surface area contributed by atoms with Gasteiger partial charge in [0.1, 0.15) is 0 Å². The predicted octanol–water partition coefficient (Wildman–Crippen LogP) is 1.34. The molecule has 1 fully saturated rings. The van der Waals surface area contributed by atoms with E-state index in [1.165, 1.54) is 11.4 Å². The normalized spacial score (nSPS) is 17.5. The van der Waals surface area contributed by atoms with Crippen molar-refractivity contribution < 1.29 is 4.74 Å². The second kappa shape index (κ2) is 6.17. The van der Waals surface area contributed by atoms with Crippen molar-refractivity contribution in [1.82, 2.24) is 14.7 Å². The third-order valence-electron chi connectivity index (χ3n) is 3.37. The number of nitrogens with zero attached hydrogens (tertiary/aromatic N) is 3. The first-order chi connectivity index (χ1) is 8.33. The summed E-state index contributed by atoms with van der Waals surface area (Å²) >= 11 is 0. The van der Waals surface area contributed by atoms with E-state index in [2.05, 4.69) is 34.6 Å². The summed E-state index contributed by atoms with van der Waals surface area (Å²) in [6.45, 7) is 10.3. The summed E-state index contributed by atoms with van der Waals surface area (Å²) in [6.07, 6.45) is 2.09. The van der Waals surface area contributed by atoms with Crippen molar-refractivity contribution in [3.05, 3.63) is 17.5 Å². The van der Waals surface area contributed by atoms with Crippen LogP contribution in [0, 0.1) is 0 Å². The Morgan fingerprint density at radius 3 is 2.59 bits per heavy atom. The summed E-state index contributed by atoms with van der Waals surface area (Å²) in [5, 5.41) is 4.64. The summed E-state index contributed by atoms with van der Waals surface area (Å²) < 4.78 is 7.53. The zero-order valence-corrected chi connectivity index (χ0v) is 11.0. The predicted molar refractivity (Wildman–Crippen MR) is 68.2 cm³/mol. The van der Waals surface area contributed by atoms with Gasteiger partial charge in [-0.15, -0.1) is 0 Å². The zero-order chi connectivity index (χ0) is 12.1. The van der Waals surface area contributed by atoms with Gasteiger partial charge in [0.25, 0.3) is 0 Å². The molecule has 0 saturated carbocycles. The molecule has 0 bridgehead atoms. The van der Waals surface area contributed by atoms with Gasteiger partial charge in [0.2, 0.25) is 0 Å². The van der Waals surface area contributed by atoms with Gasteiger partial charge in [-0.1, -0.05) is 13.8 Å². The molecule has 1 saturated heterocycles. The Kier molecular flexibility index (Phi) is 4.57. The first-order valence-electron chi connectivity index (χ1n) is 6.69. The second-order valence-corrected chi connectivity index (χ2v) is 4.51. The van der Waals surface area contributed by atoms with Crippen molar-refractivity contribution in [2.75, 3.05) is 32.8 Å². The Bertz CT molecular complexity index is 342. The minimum absolute atomic E-state index is 0.875. The number of aryl methyl sites for hydroxylation is 2. The van der Waals surface area contributed by atoms with Crippen molar-refractivity contribution >= 4 is 0 Å². The first-order valence-corrected chi connectivity index (χ1v) is 6.69. The Morgan fingerprint density at radius 1 is 1.18 bits per heavy atom. The monoisotopic (exact) mass is 237 g/mol. The summed E-state index contributed by atoms with van der Waals surface area (Å²) in [7, 11) is 0. The summed E-state index contributed by atoms with van der Waals surface area (Å²) in [5.74, 6) is 0. The molecule has 0 radical (unpaired) electrons. The highest BCUT2D eigenvalue weighted by Gasteiger charge is 2.11. The maximum atomic E-state index is 5.35. The van der Waals surface area contributed by atoms with Crippen molar-refractivity contribution in [2.45, 2.75) is 33.2 Å². The van der Waals surface area contributed by atoms with E-state index in [1.807, 2.05) is 0 Å². The molecule has 2 rings (SSSR count). The molecule has 4 heteroatoms. The minimum atomic E-state index is 0.875. The number of hydrogen-bond acceptors (Lipinski definition) is 3. The molecule has 0 amide bonds. The molecule has 0 aliphatic carbocycles. The number of rotatable bonds is 5. The molecule has 0 N–H and O–H groups in total. The second-order valence-electron chi connectivity index (χ2n) is 4.51. The lowest BCUT2D eigenvalue weighted by Crippen LogP contribution is -2.38. The van der Waals surface area contributed by atoms with Crippen molar-refractivity contribution in [3.8, 4) is 0 Å². The van der Waals surface area contributed by atoms with E-state index in [0.29, 0.717) is 0 Å². The fraction of sp³-hybridized carbons (Fsp3) is 0.769. The van der Waals surface area contributed by atoms with Crippen LogP contribution in [0.2, 0.25) is 0 Å². The maximum Gasteiger partial charge on any atom is 0.0624 e. The molecule has 1 aliphatic heterocycles. The van der Waals surface area contributed by atoms with Crippen LogP contribution in [0.1, 0.15) is 25.2 Å². The fourth-order valence-corrected chi connectivity index (χ4v) is 2.23. The van der Waals surface area contributed by atoms with E-state index in [1.54, 1.807) is 0 Å². The highest BCUT2D eigenvalue weighted by Crippen LogP contribution is 2.07. The molecule has 96 valence electrons. The largest absolute Gasteiger partial charge is 0.379 e. The van der Waals surface area contributed by atoms with Gasteiger partial charge >= 0.3 is 0 Å². The Labute approximate surface area is 104 Å². The van der Waals surface area contributed by atoms with Gasteiger partial charge in [0, 0.05) is 25.3 Å².